The van der Waals surface area contributed by atoms with E-state index in [-0.39, 0.29) is 45.7 Å². The van der Waals surface area contributed by atoms with Crippen molar-refractivity contribution in [2.75, 3.05) is 36.2 Å². The number of aromatic nitrogens is 1. The van der Waals surface area contributed by atoms with E-state index in [0.29, 0.717) is 74.7 Å². The van der Waals surface area contributed by atoms with Gasteiger partial charge >= 0.3 is 0 Å². The van der Waals surface area contributed by atoms with Crippen molar-refractivity contribution in [1.82, 2.24) is 20.5 Å². The Kier molecular flexibility index (Phi) is 15.3. The minimum atomic E-state index is -1.21. The van der Waals surface area contributed by atoms with Crippen molar-refractivity contribution in [2.45, 2.75) is 84.5 Å². The molecule has 7 rings (SSSR count). The molecule has 0 bridgehead atoms. The lowest BCUT2D eigenvalue weighted by Gasteiger charge is -2.35. The van der Waals surface area contributed by atoms with E-state index in [4.69, 9.17) is 37.7 Å². The summed E-state index contributed by atoms with van der Waals surface area (Å²) in [6, 6.07) is 24.7. The van der Waals surface area contributed by atoms with Crippen LogP contribution in [-0.2, 0) is 30.5 Å². The first-order valence-corrected chi connectivity index (χ1v) is 23.1. The third-order valence-corrected chi connectivity index (χ3v) is 12.6. The summed E-state index contributed by atoms with van der Waals surface area (Å²) in [5, 5.41) is 15.4. The number of hydrogen-bond donors (Lipinski definition) is 2. The van der Waals surface area contributed by atoms with Gasteiger partial charge in [-0.05, 0) is 116 Å². The Morgan fingerprint density at radius 1 is 1.00 bits per heavy atom. The minimum absolute atomic E-state index is 0.0837. The smallest absolute Gasteiger partial charge is 0.259 e. The fraction of sp³-hybridized carbons (Fsp3) is 0.353. The molecule has 68 heavy (non-hydrogen) atoms. The van der Waals surface area contributed by atoms with Crippen LogP contribution in [0.25, 0.3) is 22.5 Å². The highest BCUT2D eigenvalue weighted by Crippen LogP contribution is 2.39. The summed E-state index contributed by atoms with van der Waals surface area (Å²) in [5.41, 5.74) is 2.07. The number of anilines is 2. The molecule has 1 aromatic heterocycles. The maximum atomic E-state index is 15.9. The Labute approximate surface area is 405 Å². The van der Waals surface area contributed by atoms with Crippen LogP contribution in [0.4, 0.5) is 15.8 Å². The number of thiocarbonyl (C=S) groups is 1. The summed E-state index contributed by atoms with van der Waals surface area (Å²) in [7, 11) is 0. The zero-order valence-corrected chi connectivity index (χ0v) is 40.1. The fourth-order valence-electron chi connectivity index (χ4n) is 8.21. The second-order valence-corrected chi connectivity index (χ2v) is 19.0. The lowest BCUT2D eigenvalue weighted by molar-refractivity contribution is -0.144. The fourth-order valence-corrected chi connectivity index (χ4v) is 8.94. The Hall–Kier alpha value is -6.67. The molecule has 0 aliphatic carbocycles. The molecule has 2 saturated heterocycles. The van der Waals surface area contributed by atoms with Crippen molar-refractivity contribution < 1.29 is 37.5 Å². The molecule has 2 aliphatic rings. The van der Waals surface area contributed by atoms with Crippen LogP contribution in [0, 0.1) is 22.6 Å². The van der Waals surface area contributed by atoms with Gasteiger partial charge in [0.15, 0.2) is 17.3 Å². The third kappa shape index (κ3) is 11.0. The van der Waals surface area contributed by atoms with Crippen LogP contribution in [0.3, 0.4) is 0 Å². The molecule has 4 amide bonds. The van der Waals surface area contributed by atoms with Crippen LogP contribution in [0.5, 0.6) is 5.75 Å². The van der Waals surface area contributed by atoms with E-state index in [1.165, 1.54) is 34.4 Å². The normalized spacial score (nSPS) is 16.1. The molecule has 2 N–H and O–H groups in total. The lowest BCUT2D eigenvalue weighted by Crippen LogP contribution is -2.58. The number of oxazole rings is 1. The molecular weight excluding hydrogens is 909 g/mol. The molecule has 2 aliphatic heterocycles. The van der Waals surface area contributed by atoms with Gasteiger partial charge in [-0.1, -0.05) is 74.8 Å². The number of hydrogen-bond acceptors (Lipinski definition) is 10. The van der Waals surface area contributed by atoms with E-state index >= 15 is 4.39 Å². The lowest BCUT2D eigenvalue weighted by atomic mass is 9.85. The number of carbonyl (C=O) groups excluding carboxylic acids is 4. The monoisotopic (exact) mass is 961 g/mol. The number of amides is 4. The molecule has 0 spiro atoms. The van der Waals surface area contributed by atoms with Crippen molar-refractivity contribution in [3.8, 4) is 34.3 Å². The van der Waals surface area contributed by atoms with Crippen molar-refractivity contribution >= 4 is 63.9 Å². The van der Waals surface area contributed by atoms with E-state index in [0.717, 1.165) is 16.7 Å². The van der Waals surface area contributed by atoms with Crippen LogP contribution in [0.15, 0.2) is 102 Å². The molecular formula is C51H53ClFN7O7S. The van der Waals surface area contributed by atoms with Crippen LogP contribution in [-0.4, -0.2) is 82.6 Å². The Bertz CT molecular complexity index is 2700. The van der Waals surface area contributed by atoms with Crippen LogP contribution >= 0.6 is 23.8 Å². The zero-order chi connectivity index (χ0) is 48.8. The first-order chi connectivity index (χ1) is 32.5. The van der Waals surface area contributed by atoms with Gasteiger partial charge in [0.05, 0.1) is 34.8 Å². The molecule has 14 nitrogen and oxygen atoms in total. The Balaban J connectivity index is 0.834. The number of ether oxygens (including phenoxy) is 2. The summed E-state index contributed by atoms with van der Waals surface area (Å²) in [4.78, 5) is 62.2. The number of nitrogens with zero attached hydrogens (tertiary/aromatic N) is 5. The van der Waals surface area contributed by atoms with E-state index in [9.17, 15) is 24.4 Å². The molecule has 0 radical (unpaired) electrons. The van der Waals surface area contributed by atoms with E-state index in [2.05, 4.69) is 15.6 Å². The van der Waals surface area contributed by atoms with Crippen LogP contribution in [0.1, 0.15) is 71.4 Å². The predicted octanol–water partition coefficient (Wildman–Crippen LogP) is 8.60. The van der Waals surface area contributed by atoms with Gasteiger partial charge in [0.2, 0.25) is 17.7 Å². The molecule has 17 heteroatoms. The SMILES string of the molecule is CC(C)(C)C(NC(=O)COCCCCOc1ccc(-c2ccc(N3C(=S)N(c4ccc(C#N)c(Cl)c4)C(=O)C3(C)C)c(F)c2)cc1)C(=O)N1CCC[C@H]1C(=O)NCc1ccc(-c2cnco2)cc1. The number of nitriles is 1. The van der Waals surface area contributed by atoms with Crippen molar-refractivity contribution in [1.29, 1.82) is 5.26 Å². The van der Waals surface area contributed by atoms with Gasteiger partial charge in [-0.25, -0.2) is 9.37 Å². The molecule has 5 aromatic rings. The van der Waals surface area contributed by atoms with Gasteiger partial charge < -0.3 is 34.3 Å². The molecule has 0 saturated carbocycles. The van der Waals surface area contributed by atoms with Gasteiger partial charge in [0.1, 0.15) is 41.9 Å². The third-order valence-electron chi connectivity index (χ3n) is 12.0. The summed E-state index contributed by atoms with van der Waals surface area (Å²) in [6.45, 7) is 10.1. The van der Waals surface area contributed by atoms with Gasteiger partial charge in [-0.15, -0.1) is 0 Å². The maximum absolute atomic E-state index is 15.9. The summed E-state index contributed by atoms with van der Waals surface area (Å²) < 4.78 is 32.8. The summed E-state index contributed by atoms with van der Waals surface area (Å²) in [5.74, 6) is -0.622. The molecule has 4 aromatic carbocycles. The van der Waals surface area contributed by atoms with Crippen LogP contribution in [0.2, 0.25) is 5.02 Å². The molecule has 3 heterocycles. The van der Waals surface area contributed by atoms with Gasteiger partial charge in [0, 0.05) is 25.3 Å². The average molecular weight is 963 g/mol. The van der Waals surface area contributed by atoms with Crippen LogP contribution < -0.4 is 25.2 Å². The summed E-state index contributed by atoms with van der Waals surface area (Å²) >= 11 is 12.0. The van der Waals surface area contributed by atoms with Crippen molar-refractivity contribution in [3.63, 3.8) is 0 Å². The highest BCUT2D eigenvalue weighted by atomic mass is 35.5. The topological polar surface area (TPSA) is 170 Å². The first kappa shape index (κ1) is 49.2. The highest BCUT2D eigenvalue weighted by molar-refractivity contribution is 7.81. The molecule has 1 unspecified atom stereocenters. The second kappa shape index (κ2) is 21.1. The number of unbranched alkanes of at least 4 members (excludes halogenated alkanes) is 1. The number of carbonyl (C=O) groups is 4. The number of likely N-dealkylation sites (tertiary alicyclic amines) is 1. The maximum Gasteiger partial charge on any atom is 0.259 e. The molecule has 2 atom stereocenters. The number of rotatable bonds is 17. The van der Waals surface area contributed by atoms with Gasteiger partial charge in [0.25, 0.3) is 5.91 Å². The van der Waals surface area contributed by atoms with Gasteiger partial charge in [-0.3, -0.25) is 24.1 Å². The Morgan fingerprint density at radius 3 is 2.37 bits per heavy atom. The number of nitrogens with one attached hydrogen (secondary N) is 2. The van der Waals surface area contributed by atoms with E-state index in [1.807, 2.05) is 63.2 Å². The highest BCUT2D eigenvalue weighted by Gasteiger charge is 2.51. The molecule has 2 fully saturated rings. The predicted molar refractivity (Wildman–Crippen MR) is 260 cm³/mol. The Morgan fingerprint density at radius 2 is 1.71 bits per heavy atom. The number of halogens is 2. The zero-order valence-electron chi connectivity index (χ0n) is 38.5. The van der Waals surface area contributed by atoms with Crippen molar-refractivity contribution in [3.05, 3.63) is 119 Å². The second-order valence-electron chi connectivity index (χ2n) is 18.2. The summed E-state index contributed by atoms with van der Waals surface area (Å²) in [6.07, 6.45) is 5.48. The standard InChI is InChI=1S/C51H53ClFN7O7S/c1-50(2,3)45(47(63)58-22-8-9-42(58)46(62)56-28-32-10-12-34(13-11-32)43-29-55-31-67-43)57-44(61)30-65-23-6-7-24-66-38-19-15-33(16-20-38)35-17-21-41(40(53)25-35)60-49(68)59(48(64)51(60,4)5)37-18-14-36(27-54)39(52)26-37/h10-21,25-26,29,31,42,45H,6-9,22-24,28,30H2,1-5H3,(H,56,62)(H,57,61)/t42-,45?/m0/s1. The average Bonchev–Trinajstić information content (AvgIpc) is 4.07. The van der Waals surface area contributed by atoms with E-state index in [1.54, 1.807) is 55.3 Å². The van der Waals surface area contributed by atoms with E-state index < -0.39 is 34.8 Å². The largest absolute Gasteiger partial charge is 0.494 e. The van der Waals surface area contributed by atoms with Crippen molar-refractivity contribution in [2.24, 2.45) is 5.41 Å². The molecule has 354 valence electrons. The quantitative estimate of drug-likeness (QED) is 0.0676. The minimum Gasteiger partial charge on any atom is -0.494 e. The number of benzene rings is 4. The van der Waals surface area contributed by atoms with Gasteiger partial charge in [-0.2, -0.15) is 5.26 Å². The first-order valence-electron chi connectivity index (χ1n) is 22.3.